The fourth-order valence-electron chi connectivity index (χ4n) is 4.56. The van der Waals surface area contributed by atoms with Crippen LogP contribution in [0, 0.1) is 0 Å². The zero-order valence-corrected chi connectivity index (χ0v) is 24.3. The van der Waals surface area contributed by atoms with Crippen LogP contribution in [0.4, 0.5) is 11.4 Å². The molecule has 1 atom stereocenters. The molecule has 0 saturated carbocycles. The highest BCUT2D eigenvalue weighted by Gasteiger charge is 2.32. The molecule has 9 heteroatoms. The number of amides is 1. The summed E-state index contributed by atoms with van der Waals surface area (Å²) in [5.74, 6) is 0.384. The van der Waals surface area contributed by atoms with Crippen molar-refractivity contribution in [3.8, 4) is 5.75 Å². The molecule has 1 aromatic heterocycles. The zero-order valence-electron chi connectivity index (χ0n) is 21.9. The van der Waals surface area contributed by atoms with Crippen LogP contribution in [-0.4, -0.2) is 31.7 Å². The molecule has 0 spiro atoms. The first kappa shape index (κ1) is 26.6. The van der Waals surface area contributed by atoms with Gasteiger partial charge in [-0.1, -0.05) is 47.7 Å². The van der Waals surface area contributed by atoms with Gasteiger partial charge < -0.3 is 15.0 Å². The molecule has 1 aliphatic rings. The Balaban J connectivity index is 1.65. The maximum absolute atomic E-state index is 13.9. The number of hydrogen-bond donors (Lipinski definition) is 1. The first-order valence-corrected chi connectivity index (χ1v) is 13.9. The van der Waals surface area contributed by atoms with Crippen LogP contribution < -0.4 is 29.8 Å². The third-order valence-electron chi connectivity index (χ3n) is 6.48. The SMILES string of the molecule is COc1ccc([C@@H]2C(C(=O)Nc3ccccc3)=C(C)N=c3s/c(=C/c4ccc(N(C)C)c(Br)c4)c(=O)n32)cc1. The van der Waals surface area contributed by atoms with Crippen molar-refractivity contribution in [1.29, 1.82) is 0 Å². The molecule has 0 fully saturated rings. The van der Waals surface area contributed by atoms with Crippen molar-refractivity contribution in [1.82, 2.24) is 4.57 Å². The third-order valence-corrected chi connectivity index (χ3v) is 8.10. The van der Waals surface area contributed by atoms with Crippen LogP contribution in [0.2, 0.25) is 0 Å². The second-order valence-corrected chi connectivity index (χ2v) is 11.1. The Morgan fingerprint density at radius 2 is 1.82 bits per heavy atom. The van der Waals surface area contributed by atoms with Crippen molar-refractivity contribution >= 4 is 50.6 Å². The first-order valence-electron chi connectivity index (χ1n) is 12.3. The fourth-order valence-corrected chi connectivity index (χ4v) is 6.36. The Labute approximate surface area is 238 Å². The number of carbonyl (C=O) groups is 1. The first-order chi connectivity index (χ1) is 18.8. The van der Waals surface area contributed by atoms with E-state index in [1.165, 1.54) is 11.3 Å². The van der Waals surface area contributed by atoms with Gasteiger partial charge in [0.2, 0.25) is 0 Å². The predicted molar refractivity (Wildman–Crippen MR) is 160 cm³/mol. The highest BCUT2D eigenvalue weighted by molar-refractivity contribution is 9.10. The van der Waals surface area contributed by atoms with Crippen molar-refractivity contribution < 1.29 is 9.53 Å². The number of fused-ring (bicyclic) bond motifs is 1. The van der Waals surface area contributed by atoms with Gasteiger partial charge in [0.1, 0.15) is 5.75 Å². The van der Waals surface area contributed by atoms with Crippen molar-refractivity contribution in [2.24, 2.45) is 4.99 Å². The number of para-hydroxylation sites is 1. The molecule has 3 aromatic carbocycles. The van der Waals surface area contributed by atoms with Gasteiger partial charge in [-0.2, -0.15) is 0 Å². The summed E-state index contributed by atoms with van der Waals surface area (Å²) in [6.45, 7) is 1.81. The van der Waals surface area contributed by atoms with E-state index in [-0.39, 0.29) is 11.5 Å². The minimum atomic E-state index is -0.652. The van der Waals surface area contributed by atoms with Gasteiger partial charge in [0, 0.05) is 24.3 Å². The van der Waals surface area contributed by atoms with Crippen molar-refractivity contribution in [3.63, 3.8) is 0 Å². The van der Waals surface area contributed by atoms with Gasteiger partial charge in [0.25, 0.3) is 11.5 Å². The van der Waals surface area contributed by atoms with E-state index in [9.17, 15) is 9.59 Å². The maximum atomic E-state index is 13.9. The predicted octanol–water partition coefficient (Wildman–Crippen LogP) is 4.71. The Morgan fingerprint density at radius 3 is 2.46 bits per heavy atom. The molecule has 198 valence electrons. The van der Waals surface area contributed by atoms with E-state index in [1.807, 2.05) is 105 Å². The van der Waals surface area contributed by atoms with Crippen LogP contribution in [0.5, 0.6) is 5.75 Å². The lowest BCUT2D eigenvalue weighted by molar-refractivity contribution is -0.113. The molecular weight excluding hydrogens is 576 g/mol. The summed E-state index contributed by atoms with van der Waals surface area (Å²) in [4.78, 5) is 34.8. The number of hydrogen-bond acceptors (Lipinski definition) is 6. The molecule has 5 rings (SSSR count). The van der Waals surface area contributed by atoms with Crippen LogP contribution in [0.1, 0.15) is 24.1 Å². The van der Waals surface area contributed by atoms with E-state index >= 15 is 0 Å². The van der Waals surface area contributed by atoms with E-state index in [0.29, 0.717) is 32.0 Å². The van der Waals surface area contributed by atoms with Gasteiger partial charge in [0.05, 0.1) is 34.6 Å². The summed E-state index contributed by atoms with van der Waals surface area (Å²) in [5, 5.41) is 2.97. The van der Waals surface area contributed by atoms with Crippen LogP contribution in [0.3, 0.4) is 0 Å². The molecule has 0 radical (unpaired) electrons. The Bertz CT molecular complexity index is 1760. The number of benzene rings is 3. The standard InChI is InChI=1S/C30H27BrN4O3S/c1-18-26(28(36)33-21-8-6-5-7-9-21)27(20-11-13-22(38-4)14-12-20)35-29(37)25(39-30(35)32-18)17-19-10-15-24(34(2)3)23(31)16-19/h5-17,27H,1-4H3,(H,33,36)/b25-17+/t27-/m1/s1. The minimum Gasteiger partial charge on any atom is -0.497 e. The van der Waals surface area contributed by atoms with Crippen LogP contribution in [-0.2, 0) is 4.79 Å². The number of thiazole rings is 1. The quantitative estimate of drug-likeness (QED) is 0.347. The van der Waals surface area contributed by atoms with Crippen LogP contribution >= 0.6 is 27.3 Å². The number of methoxy groups -OCH3 is 1. The van der Waals surface area contributed by atoms with Crippen LogP contribution in [0.15, 0.2) is 98.3 Å². The Hall–Kier alpha value is -3.95. The number of ether oxygens (including phenoxy) is 1. The number of nitrogens with one attached hydrogen (secondary N) is 1. The minimum absolute atomic E-state index is 0.204. The third kappa shape index (κ3) is 5.32. The lowest BCUT2D eigenvalue weighted by Gasteiger charge is -2.25. The summed E-state index contributed by atoms with van der Waals surface area (Å²) in [6.07, 6.45) is 1.86. The molecule has 1 amide bonds. The number of nitrogens with zero attached hydrogens (tertiary/aromatic N) is 3. The number of carbonyl (C=O) groups excluding carboxylic acids is 1. The Kier molecular flexibility index (Phi) is 7.54. The number of rotatable bonds is 6. The van der Waals surface area contributed by atoms with Gasteiger partial charge in [-0.05, 0) is 76.5 Å². The molecule has 2 heterocycles. The molecule has 4 aromatic rings. The molecule has 0 unspecified atom stereocenters. The fraction of sp³-hybridized carbons (Fsp3) is 0.167. The number of aromatic nitrogens is 1. The zero-order chi connectivity index (χ0) is 27.7. The summed E-state index contributed by atoms with van der Waals surface area (Å²) in [7, 11) is 5.56. The highest BCUT2D eigenvalue weighted by Crippen LogP contribution is 2.32. The van der Waals surface area contributed by atoms with E-state index in [2.05, 4.69) is 21.2 Å². The molecule has 7 nitrogen and oxygen atoms in total. The molecule has 1 N–H and O–H groups in total. The highest BCUT2D eigenvalue weighted by atomic mass is 79.9. The summed E-state index contributed by atoms with van der Waals surface area (Å²) < 4.78 is 8.43. The summed E-state index contributed by atoms with van der Waals surface area (Å²) in [6, 6.07) is 22.0. The normalized spacial score (nSPS) is 15.0. The average molecular weight is 604 g/mol. The lowest BCUT2D eigenvalue weighted by atomic mass is 9.95. The monoisotopic (exact) mass is 602 g/mol. The average Bonchev–Trinajstić information content (AvgIpc) is 3.22. The number of halogens is 1. The Morgan fingerprint density at radius 1 is 1.10 bits per heavy atom. The van der Waals surface area contributed by atoms with Gasteiger partial charge in [-0.15, -0.1) is 0 Å². The smallest absolute Gasteiger partial charge is 0.271 e. The molecular formula is C30H27BrN4O3S. The van der Waals surface area contributed by atoms with Gasteiger partial charge >= 0.3 is 0 Å². The molecule has 0 saturated heterocycles. The van der Waals surface area contributed by atoms with Gasteiger partial charge in [0.15, 0.2) is 4.80 Å². The molecule has 0 aliphatic carbocycles. The second kappa shape index (κ2) is 11.0. The number of anilines is 2. The maximum Gasteiger partial charge on any atom is 0.271 e. The van der Waals surface area contributed by atoms with Crippen molar-refractivity contribution in [2.75, 3.05) is 31.4 Å². The largest absolute Gasteiger partial charge is 0.497 e. The topological polar surface area (TPSA) is 75.9 Å². The summed E-state index contributed by atoms with van der Waals surface area (Å²) in [5.41, 5.74) is 4.16. The van der Waals surface area contributed by atoms with Crippen LogP contribution in [0.25, 0.3) is 6.08 Å². The van der Waals surface area contributed by atoms with Gasteiger partial charge in [-0.25, -0.2) is 4.99 Å². The van der Waals surface area contributed by atoms with E-state index < -0.39 is 6.04 Å². The lowest BCUT2D eigenvalue weighted by Crippen LogP contribution is -2.40. The van der Waals surface area contributed by atoms with Gasteiger partial charge in [-0.3, -0.25) is 14.2 Å². The van der Waals surface area contributed by atoms with E-state index in [4.69, 9.17) is 9.73 Å². The molecule has 39 heavy (non-hydrogen) atoms. The summed E-state index contributed by atoms with van der Waals surface area (Å²) >= 11 is 4.94. The van der Waals surface area contributed by atoms with E-state index in [0.717, 1.165) is 21.3 Å². The molecule has 0 bridgehead atoms. The van der Waals surface area contributed by atoms with Crippen molar-refractivity contribution in [2.45, 2.75) is 13.0 Å². The second-order valence-electron chi connectivity index (χ2n) is 9.28. The molecule has 1 aliphatic heterocycles. The number of allylic oxidation sites excluding steroid dienone is 1. The van der Waals surface area contributed by atoms with E-state index in [1.54, 1.807) is 11.7 Å². The van der Waals surface area contributed by atoms with Crippen molar-refractivity contribution in [3.05, 3.63) is 119 Å².